The summed E-state index contributed by atoms with van der Waals surface area (Å²) in [5.74, 6) is -1.61. The molecule has 0 saturated carbocycles. The van der Waals surface area contributed by atoms with Crippen molar-refractivity contribution in [2.45, 2.75) is 334 Å². The van der Waals surface area contributed by atoms with Crippen LogP contribution in [0, 0.1) is 0 Å². The van der Waals surface area contributed by atoms with Crippen LogP contribution in [0.1, 0.15) is 316 Å². The number of carbonyl (C=O) groups is 3. The first-order valence-electron chi connectivity index (χ1n) is 40.1. The van der Waals surface area contributed by atoms with Crippen molar-refractivity contribution in [1.82, 2.24) is 0 Å². The molecule has 0 amide bonds. The van der Waals surface area contributed by atoms with Gasteiger partial charge in [-0.2, -0.15) is 0 Å². The molecule has 16 nitrogen and oxygen atoms in total. The van der Waals surface area contributed by atoms with Gasteiger partial charge in [0.1, 0.15) is 25.4 Å². The molecule has 0 aliphatic rings. The molecule has 0 rings (SSSR count). The molecule has 0 radical (unpaired) electrons. The van der Waals surface area contributed by atoms with E-state index >= 15 is 0 Å². The maximum absolute atomic E-state index is 13.0. The van der Waals surface area contributed by atoms with E-state index in [1.54, 1.807) is 0 Å². The standard InChI is InChI=1S/C85H144O16P2/c1-4-7-10-13-16-19-22-25-28-31-33-35-36-37-38-39-40-41-42-44-46-48-50-53-56-59-62-65-68-71-83(88)95-74-80(86)75-97-102(91,92)98-76-81(87)77-99-103(93,94)100-79-82(101-85(90)73-70-67-64-61-58-55-52-47-30-27-24-21-18-15-12-9-6-3)78-96-84(89)72-69-66-63-60-57-54-51-49-45-43-34-32-29-26-23-20-17-14-11-8-5-2/h8-9,11-12,16-21,25-30,33-35,37-38,43,49,51,80-82,86-87H,4-7,10,13-15,22-24,31-32,36,39-42,44-48,50,52-79H2,1-3H3,(H,91,92)(H,93,94)/b11-8-,12-9-,19-16-,20-17-,21-18-,28-25-,29-26-,30-27-,35-33-,38-37-,43-34-,51-49-. The van der Waals surface area contributed by atoms with Gasteiger partial charge in [0, 0.05) is 19.3 Å². The Hall–Kier alpha value is -4.57. The summed E-state index contributed by atoms with van der Waals surface area (Å²) < 4.78 is 61.2. The lowest BCUT2D eigenvalue weighted by Gasteiger charge is -2.21. The van der Waals surface area contributed by atoms with Crippen LogP contribution in [0.25, 0.3) is 0 Å². The minimum Gasteiger partial charge on any atom is -0.463 e. The zero-order chi connectivity index (χ0) is 75.2. The summed E-state index contributed by atoms with van der Waals surface area (Å²) in [5, 5.41) is 20.7. The van der Waals surface area contributed by atoms with Crippen molar-refractivity contribution >= 4 is 33.6 Å². The maximum atomic E-state index is 13.0. The Balaban J connectivity index is 4.58. The molecule has 4 N–H and O–H groups in total. The highest BCUT2D eigenvalue weighted by atomic mass is 31.2. The minimum absolute atomic E-state index is 0.0845. The number of aliphatic hydroxyl groups is 2. The van der Waals surface area contributed by atoms with Gasteiger partial charge in [-0.25, -0.2) is 9.13 Å². The molecule has 0 saturated heterocycles. The Morgan fingerprint density at radius 3 is 0.816 bits per heavy atom. The molecule has 18 heteroatoms. The second-order valence-corrected chi connectivity index (χ2v) is 29.4. The number of phosphoric acid groups is 2. The van der Waals surface area contributed by atoms with Crippen molar-refractivity contribution in [2.75, 3.05) is 39.6 Å². The van der Waals surface area contributed by atoms with E-state index in [-0.39, 0.29) is 19.3 Å². The van der Waals surface area contributed by atoms with Gasteiger partial charge in [-0.3, -0.25) is 32.5 Å². The Labute approximate surface area is 626 Å². The summed E-state index contributed by atoms with van der Waals surface area (Å²) in [6.07, 6.45) is 94.6. The van der Waals surface area contributed by atoms with Crippen molar-refractivity contribution in [3.63, 3.8) is 0 Å². The first kappa shape index (κ1) is 98.4. The molecule has 5 unspecified atom stereocenters. The van der Waals surface area contributed by atoms with E-state index in [0.29, 0.717) is 19.3 Å². The highest BCUT2D eigenvalue weighted by molar-refractivity contribution is 7.47. The van der Waals surface area contributed by atoms with Crippen molar-refractivity contribution in [2.24, 2.45) is 0 Å². The Kier molecular flexibility index (Phi) is 73.6. The van der Waals surface area contributed by atoms with Crippen LogP contribution >= 0.6 is 15.6 Å². The summed E-state index contributed by atoms with van der Waals surface area (Å²) in [4.78, 5) is 58.7. The molecule has 0 aliphatic carbocycles. The monoisotopic (exact) mass is 1480 g/mol. The number of rotatable bonds is 75. The molecule has 0 aromatic rings. The van der Waals surface area contributed by atoms with Crippen LogP contribution in [-0.4, -0.2) is 95.9 Å². The normalized spacial score (nSPS) is 14.7. The van der Waals surface area contributed by atoms with E-state index < -0.39 is 91.5 Å². The fourth-order valence-corrected chi connectivity index (χ4v) is 12.1. The fourth-order valence-electron chi connectivity index (χ4n) is 10.5. The SMILES string of the molecule is CC/C=C\C/C=C\C/C=C\C/C=C\C/C=C\CCCCCCCC(=O)OCC(COP(=O)(O)OCC(O)COP(=O)(O)OCC(O)COC(=O)CCCCCCCCCCCCCCC/C=C\C/C=C\C/C=C\C/C=C\CCCCC)OC(=O)CCCCCCCCC/C=C\C/C=C\C/C=C\CC. The van der Waals surface area contributed by atoms with Gasteiger partial charge in [0.15, 0.2) is 6.10 Å². The Bertz CT molecular complexity index is 2450. The molecule has 590 valence electrons. The van der Waals surface area contributed by atoms with Crippen LogP contribution in [0.5, 0.6) is 0 Å². The number of carbonyl (C=O) groups excluding carboxylic acids is 3. The zero-order valence-electron chi connectivity index (χ0n) is 64.4. The summed E-state index contributed by atoms with van der Waals surface area (Å²) in [5.41, 5.74) is 0. The lowest BCUT2D eigenvalue weighted by atomic mass is 10.0. The van der Waals surface area contributed by atoms with Crippen LogP contribution in [0.2, 0.25) is 0 Å². The predicted molar refractivity (Wildman–Crippen MR) is 426 cm³/mol. The lowest BCUT2D eigenvalue weighted by molar-refractivity contribution is -0.161. The van der Waals surface area contributed by atoms with Crippen LogP contribution in [0.4, 0.5) is 0 Å². The highest BCUT2D eigenvalue weighted by Gasteiger charge is 2.29. The molecule has 5 atom stereocenters. The molecular weight excluding hydrogens is 1340 g/mol. The van der Waals surface area contributed by atoms with Crippen molar-refractivity contribution in [1.29, 1.82) is 0 Å². The number of unbranched alkanes of at least 4 members (excludes halogenated alkanes) is 28. The number of aliphatic hydroxyl groups excluding tert-OH is 2. The smallest absolute Gasteiger partial charge is 0.463 e. The third kappa shape index (κ3) is 78.3. The molecule has 0 aromatic carbocycles. The molecule has 0 heterocycles. The van der Waals surface area contributed by atoms with Gasteiger partial charge in [0.2, 0.25) is 0 Å². The van der Waals surface area contributed by atoms with Gasteiger partial charge in [-0.15, -0.1) is 0 Å². The number of ether oxygens (including phenoxy) is 3. The average Bonchev–Trinajstić information content (AvgIpc) is 0.924. The molecule has 103 heavy (non-hydrogen) atoms. The van der Waals surface area contributed by atoms with E-state index in [9.17, 15) is 43.5 Å². The maximum Gasteiger partial charge on any atom is 0.472 e. The number of allylic oxidation sites excluding steroid dienone is 24. The second kappa shape index (κ2) is 77.1. The van der Waals surface area contributed by atoms with E-state index in [2.05, 4.69) is 167 Å². The topological polar surface area (TPSA) is 231 Å². The molecular formula is C85H144O16P2. The van der Waals surface area contributed by atoms with E-state index in [0.717, 1.165) is 173 Å². The largest absolute Gasteiger partial charge is 0.472 e. The second-order valence-electron chi connectivity index (χ2n) is 26.5. The van der Waals surface area contributed by atoms with E-state index in [4.69, 9.17) is 32.3 Å². The minimum atomic E-state index is -4.94. The third-order valence-electron chi connectivity index (χ3n) is 16.5. The van der Waals surface area contributed by atoms with Crippen molar-refractivity contribution < 1.29 is 75.8 Å². The van der Waals surface area contributed by atoms with Crippen molar-refractivity contribution in [3.8, 4) is 0 Å². The van der Waals surface area contributed by atoms with Crippen LogP contribution in [-0.2, 0) is 55.8 Å². The molecule has 0 aromatic heterocycles. The lowest BCUT2D eigenvalue weighted by Crippen LogP contribution is -2.30. The fraction of sp³-hybridized carbons (Fsp3) is 0.682. The number of phosphoric ester groups is 2. The molecule has 0 fully saturated rings. The predicted octanol–water partition coefficient (Wildman–Crippen LogP) is 23.7. The summed E-state index contributed by atoms with van der Waals surface area (Å²) >= 11 is 0. The summed E-state index contributed by atoms with van der Waals surface area (Å²) in [6.45, 7) is 2.40. The highest BCUT2D eigenvalue weighted by Crippen LogP contribution is 2.45. The number of esters is 3. The zero-order valence-corrected chi connectivity index (χ0v) is 66.2. The quantitative estimate of drug-likeness (QED) is 0.0146. The van der Waals surface area contributed by atoms with Crippen LogP contribution < -0.4 is 0 Å². The van der Waals surface area contributed by atoms with Gasteiger partial charge >= 0.3 is 33.6 Å². The van der Waals surface area contributed by atoms with Gasteiger partial charge in [-0.1, -0.05) is 301 Å². The van der Waals surface area contributed by atoms with Gasteiger partial charge in [-0.05, 0) is 141 Å². The summed E-state index contributed by atoms with van der Waals surface area (Å²) in [6, 6.07) is 0. The Morgan fingerprint density at radius 1 is 0.282 bits per heavy atom. The third-order valence-corrected chi connectivity index (χ3v) is 18.4. The first-order chi connectivity index (χ1) is 50.2. The van der Waals surface area contributed by atoms with Crippen LogP contribution in [0.3, 0.4) is 0 Å². The number of hydrogen-bond acceptors (Lipinski definition) is 14. The average molecular weight is 1480 g/mol. The Morgan fingerprint density at radius 2 is 0.515 bits per heavy atom. The van der Waals surface area contributed by atoms with E-state index in [1.807, 2.05) is 0 Å². The first-order valence-corrected chi connectivity index (χ1v) is 43.1. The number of hydrogen-bond donors (Lipinski definition) is 4. The van der Waals surface area contributed by atoms with Gasteiger partial charge in [0.25, 0.3) is 0 Å². The molecule has 0 aliphatic heterocycles. The van der Waals surface area contributed by atoms with Gasteiger partial charge in [0.05, 0.1) is 26.4 Å². The molecule has 0 bridgehead atoms. The van der Waals surface area contributed by atoms with E-state index in [1.165, 1.54) is 83.5 Å². The van der Waals surface area contributed by atoms with Gasteiger partial charge < -0.3 is 34.2 Å². The van der Waals surface area contributed by atoms with Crippen molar-refractivity contribution in [3.05, 3.63) is 146 Å². The van der Waals surface area contributed by atoms with Crippen LogP contribution in [0.15, 0.2) is 146 Å². The molecule has 0 spiro atoms. The summed E-state index contributed by atoms with van der Waals surface area (Å²) in [7, 11) is -9.81.